The first kappa shape index (κ1) is 34.9. The van der Waals surface area contributed by atoms with E-state index in [2.05, 4.69) is 20.8 Å². The predicted molar refractivity (Wildman–Crippen MR) is 191 cm³/mol. The van der Waals surface area contributed by atoms with E-state index in [9.17, 15) is 28.8 Å². The van der Waals surface area contributed by atoms with E-state index in [1.807, 2.05) is 23.6 Å². The second-order valence-corrected chi connectivity index (χ2v) is 14.0. The zero-order valence-electron chi connectivity index (χ0n) is 28.3. The highest BCUT2D eigenvalue weighted by Gasteiger charge is 2.45. The molecule has 16 heteroatoms. The number of imide groups is 2. The Hall–Kier alpha value is -5.54. The minimum Gasteiger partial charge on any atom is -0.469 e. The van der Waals surface area contributed by atoms with E-state index in [0.717, 1.165) is 10.5 Å². The number of nitrogens with one attached hydrogen (secondary N) is 2. The summed E-state index contributed by atoms with van der Waals surface area (Å²) in [5.41, 5.74) is 3.77. The van der Waals surface area contributed by atoms with Crippen LogP contribution in [0.2, 0.25) is 5.02 Å². The Morgan fingerprint density at radius 3 is 2.56 bits per heavy atom. The van der Waals surface area contributed by atoms with Crippen molar-refractivity contribution in [1.82, 2.24) is 30.3 Å². The van der Waals surface area contributed by atoms with Crippen LogP contribution in [0.5, 0.6) is 0 Å². The highest BCUT2D eigenvalue weighted by Crippen LogP contribution is 2.40. The topological polar surface area (TPSA) is 182 Å². The van der Waals surface area contributed by atoms with Crippen molar-refractivity contribution in [3.63, 3.8) is 0 Å². The molecule has 0 radical (unpaired) electrons. The number of carbonyl (C=O) groups excluding carboxylic acids is 6. The summed E-state index contributed by atoms with van der Waals surface area (Å²) >= 11 is 7.47. The average molecular weight is 744 g/mol. The fourth-order valence-corrected chi connectivity index (χ4v) is 8.24. The fraction of sp³-hybridized carbons (Fsp3) is 0.306. The number of aliphatic imine (C=N–C) groups is 1. The molecule has 4 aromatic rings. The third-order valence-electron chi connectivity index (χ3n) is 9.38. The van der Waals surface area contributed by atoms with Gasteiger partial charge in [-0.1, -0.05) is 35.9 Å². The largest absolute Gasteiger partial charge is 0.469 e. The van der Waals surface area contributed by atoms with Gasteiger partial charge in [0.25, 0.3) is 17.7 Å². The molecule has 5 amide bonds. The number of nitrogens with zero attached hydrogens (tertiary/aromatic N) is 5. The van der Waals surface area contributed by atoms with Gasteiger partial charge in [0.15, 0.2) is 5.82 Å². The molecule has 5 heterocycles. The summed E-state index contributed by atoms with van der Waals surface area (Å²) in [4.78, 5) is 83.5. The molecule has 0 saturated carbocycles. The van der Waals surface area contributed by atoms with Gasteiger partial charge < -0.3 is 10.1 Å². The number of aryl methyl sites for hydroxylation is 2. The van der Waals surface area contributed by atoms with Gasteiger partial charge in [-0.2, -0.15) is 0 Å². The van der Waals surface area contributed by atoms with E-state index in [1.165, 1.54) is 18.4 Å². The Bertz CT molecular complexity index is 2230. The first-order valence-corrected chi connectivity index (χ1v) is 17.8. The number of fused-ring (bicyclic) bond motifs is 4. The standard InChI is InChI=1S/C36H32ClN7O7S.H2/c1-17-27-29(20-9-11-21(37)12-10-20)39-23(16-26(46)51-3)31-42-41-18(2)43(31)36(27)52-30(17)33(48)38-15-5-7-19-6-4-8-22-28(19)35(50)44(34(22)49)24-13-14-25(45)40-32(24)47;/h4,6,8-12,23-24H,5,7,13-16H2,1-3H3,(H,38,48)(H,40,45,47);1H/t23-,24?;/m0./s1. The summed E-state index contributed by atoms with van der Waals surface area (Å²) in [6, 6.07) is 10.4. The number of hydrogen-bond acceptors (Lipinski definition) is 11. The van der Waals surface area contributed by atoms with Gasteiger partial charge in [0.05, 0.1) is 35.2 Å². The lowest BCUT2D eigenvalue weighted by molar-refractivity contribution is -0.141. The Morgan fingerprint density at radius 2 is 1.83 bits per heavy atom. The van der Waals surface area contributed by atoms with Gasteiger partial charge in [-0.05, 0) is 62.4 Å². The molecule has 0 aliphatic carbocycles. The van der Waals surface area contributed by atoms with E-state index in [0.29, 0.717) is 61.8 Å². The van der Waals surface area contributed by atoms with Gasteiger partial charge in [-0.3, -0.25) is 48.5 Å². The molecule has 3 aliphatic heterocycles. The smallest absolute Gasteiger partial charge is 0.308 e. The number of thiophene rings is 1. The van der Waals surface area contributed by atoms with Crippen molar-refractivity contribution in [1.29, 1.82) is 0 Å². The first-order valence-electron chi connectivity index (χ1n) is 16.6. The summed E-state index contributed by atoms with van der Waals surface area (Å²) in [5.74, 6) is -2.00. The molecule has 1 saturated heterocycles. The van der Waals surface area contributed by atoms with Crippen LogP contribution in [-0.4, -0.2) is 80.6 Å². The van der Waals surface area contributed by atoms with Crippen molar-refractivity contribution >= 4 is 64.2 Å². The lowest BCUT2D eigenvalue weighted by Gasteiger charge is -2.27. The van der Waals surface area contributed by atoms with Gasteiger partial charge in [-0.15, -0.1) is 21.5 Å². The number of methoxy groups -OCH3 is 1. The normalized spacial score (nSPS) is 17.9. The quantitative estimate of drug-likeness (QED) is 0.145. The van der Waals surface area contributed by atoms with Gasteiger partial charge in [0, 0.05) is 30.5 Å². The highest BCUT2D eigenvalue weighted by atomic mass is 35.5. The zero-order valence-corrected chi connectivity index (χ0v) is 29.9. The van der Waals surface area contributed by atoms with Crippen molar-refractivity contribution in [3.8, 4) is 5.00 Å². The van der Waals surface area contributed by atoms with E-state index < -0.39 is 41.7 Å². The Morgan fingerprint density at radius 1 is 1.06 bits per heavy atom. The van der Waals surface area contributed by atoms with E-state index in [1.54, 1.807) is 37.3 Å². The molecule has 52 heavy (non-hydrogen) atoms. The number of halogens is 1. The van der Waals surface area contributed by atoms with E-state index in [4.69, 9.17) is 21.3 Å². The maximum absolute atomic E-state index is 13.8. The lowest BCUT2D eigenvalue weighted by Crippen LogP contribution is -2.54. The van der Waals surface area contributed by atoms with Crippen LogP contribution in [0.15, 0.2) is 47.5 Å². The van der Waals surface area contributed by atoms with Crippen molar-refractivity contribution < 1.29 is 34.9 Å². The molecule has 0 bridgehead atoms. The van der Waals surface area contributed by atoms with Crippen LogP contribution in [0.25, 0.3) is 5.00 Å². The van der Waals surface area contributed by atoms with Crippen LogP contribution in [-0.2, 0) is 25.5 Å². The summed E-state index contributed by atoms with van der Waals surface area (Å²) in [6.07, 6.45) is 0.875. The molecule has 268 valence electrons. The predicted octanol–water partition coefficient (Wildman–Crippen LogP) is 4.06. The molecule has 3 aliphatic rings. The van der Waals surface area contributed by atoms with Crippen LogP contribution >= 0.6 is 22.9 Å². The summed E-state index contributed by atoms with van der Waals surface area (Å²) in [7, 11) is 1.31. The van der Waals surface area contributed by atoms with Crippen LogP contribution in [0.1, 0.15) is 97.4 Å². The SMILES string of the molecule is COC(=O)C[C@@H]1N=C(c2ccc(Cl)cc2)c2c(sc(C(=O)NCCCc3cccc4c3C(=O)N(C3CCC(=O)NC3=O)C4=O)c2C)-n2c(C)nnc21.[HH]. The van der Waals surface area contributed by atoms with E-state index >= 15 is 0 Å². The number of hydrogen-bond donors (Lipinski definition) is 2. The van der Waals surface area contributed by atoms with Crippen LogP contribution in [0, 0.1) is 13.8 Å². The number of esters is 1. The molecular weight excluding hydrogens is 710 g/mol. The lowest BCUT2D eigenvalue weighted by atomic mass is 9.99. The van der Waals surface area contributed by atoms with Crippen LogP contribution in [0.3, 0.4) is 0 Å². The molecule has 0 spiro atoms. The summed E-state index contributed by atoms with van der Waals surface area (Å²) < 4.78 is 6.79. The number of rotatable bonds is 9. The molecule has 2 aromatic heterocycles. The molecule has 14 nitrogen and oxygen atoms in total. The van der Waals surface area contributed by atoms with Gasteiger partial charge in [0.2, 0.25) is 11.8 Å². The highest BCUT2D eigenvalue weighted by molar-refractivity contribution is 7.17. The Balaban J connectivity index is 0.00000481. The van der Waals surface area contributed by atoms with Gasteiger partial charge in [-0.25, -0.2) is 0 Å². The summed E-state index contributed by atoms with van der Waals surface area (Å²) in [6.45, 7) is 3.90. The van der Waals surface area contributed by atoms with Gasteiger partial charge in [0.1, 0.15) is 22.9 Å². The molecule has 1 unspecified atom stereocenters. The number of amides is 5. The third-order valence-corrected chi connectivity index (χ3v) is 10.9. The number of aromatic nitrogens is 3. The van der Waals surface area contributed by atoms with Crippen LogP contribution < -0.4 is 10.6 Å². The molecule has 1 fully saturated rings. The number of ether oxygens (including phenoxy) is 1. The minimum atomic E-state index is -1.05. The fourth-order valence-electron chi connectivity index (χ4n) is 6.83. The van der Waals surface area contributed by atoms with Gasteiger partial charge >= 0.3 is 5.97 Å². The monoisotopic (exact) mass is 743 g/mol. The maximum atomic E-state index is 13.8. The average Bonchev–Trinajstić information content (AvgIpc) is 3.72. The Labute approximate surface area is 307 Å². The second kappa shape index (κ2) is 13.9. The minimum absolute atomic E-state index is 0. The van der Waals surface area contributed by atoms with Crippen molar-refractivity contribution in [2.24, 2.45) is 4.99 Å². The van der Waals surface area contributed by atoms with Crippen molar-refractivity contribution in [2.75, 3.05) is 13.7 Å². The maximum Gasteiger partial charge on any atom is 0.308 e. The number of piperidine rings is 1. The first-order chi connectivity index (χ1) is 25.0. The third kappa shape index (κ3) is 6.09. The zero-order chi connectivity index (χ0) is 36.8. The number of carbonyl (C=O) groups is 6. The molecular formula is C36H34ClN7O7S. The second-order valence-electron chi connectivity index (χ2n) is 12.6. The van der Waals surface area contributed by atoms with Crippen molar-refractivity contribution in [2.45, 2.75) is 58.0 Å². The molecule has 2 atom stereocenters. The number of benzene rings is 2. The van der Waals surface area contributed by atoms with Crippen LogP contribution in [0.4, 0.5) is 0 Å². The molecule has 7 rings (SSSR count). The molecule has 2 aromatic carbocycles. The summed E-state index contributed by atoms with van der Waals surface area (Å²) in [5, 5.41) is 15.1. The van der Waals surface area contributed by atoms with E-state index in [-0.39, 0.29) is 44.3 Å². The van der Waals surface area contributed by atoms with Crippen molar-refractivity contribution in [3.05, 3.63) is 97.4 Å². The Kier molecular flexibility index (Phi) is 9.31. The molecule has 2 N–H and O–H groups in total.